The minimum atomic E-state index is -0.166. The Hall–Kier alpha value is -2.79. The minimum Gasteiger partial charge on any atom is -0.497 e. The van der Waals surface area contributed by atoms with Crippen LogP contribution in [0.5, 0.6) is 11.5 Å². The zero-order valence-electron chi connectivity index (χ0n) is 17.9. The van der Waals surface area contributed by atoms with Gasteiger partial charge in [-0.15, -0.1) is 0 Å². The number of hydrogen-bond acceptors (Lipinski definition) is 4. The molecule has 0 radical (unpaired) electrons. The van der Waals surface area contributed by atoms with Crippen molar-refractivity contribution in [2.45, 2.75) is 32.2 Å². The van der Waals surface area contributed by atoms with Crippen LogP contribution in [0.1, 0.15) is 48.1 Å². The molecular formula is C26H28BrNO3. The Kier molecular flexibility index (Phi) is 8.53. The normalized spacial score (nSPS) is 11.6. The van der Waals surface area contributed by atoms with Crippen LogP contribution in [0.25, 0.3) is 0 Å². The van der Waals surface area contributed by atoms with Crippen LogP contribution in [0.15, 0.2) is 77.3 Å². The Bertz CT molecular complexity index is 953. The lowest BCUT2D eigenvalue weighted by atomic mass is 9.97. The van der Waals surface area contributed by atoms with E-state index in [-0.39, 0.29) is 11.8 Å². The number of benzene rings is 3. The van der Waals surface area contributed by atoms with E-state index in [0.717, 1.165) is 40.1 Å². The second-order valence-electron chi connectivity index (χ2n) is 7.33. The second kappa shape index (κ2) is 11.6. The number of ether oxygens (including phenoxy) is 2. The smallest absolute Gasteiger partial charge is 0.165 e. The SMILES string of the molecule is CCCCOc1ccc([C@@H](CC(=O)c2ccc(OC)cc2)Nc2ccc(Br)cc2)cc1. The van der Waals surface area contributed by atoms with Gasteiger partial charge in [-0.3, -0.25) is 4.79 Å². The maximum atomic E-state index is 13.0. The number of Topliss-reactive ketones (excluding diaryl/α,β-unsaturated/α-hetero) is 1. The number of hydrogen-bond donors (Lipinski definition) is 1. The molecular weight excluding hydrogens is 454 g/mol. The Balaban J connectivity index is 1.78. The van der Waals surface area contributed by atoms with Crippen molar-refractivity contribution in [2.75, 3.05) is 19.0 Å². The Morgan fingerprint density at radius 2 is 1.58 bits per heavy atom. The molecule has 3 aromatic carbocycles. The molecule has 5 heteroatoms. The number of ketones is 1. The first-order valence-corrected chi connectivity index (χ1v) is 11.3. The van der Waals surface area contributed by atoms with Crippen LogP contribution in [-0.4, -0.2) is 19.5 Å². The highest BCUT2D eigenvalue weighted by Crippen LogP contribution is 2.27. The Labute approximate surface area is 192 Å². The number of carbonyl (C=O) groups is 1. The van der Waals surface area contributed by atoms with Crippen LogP contribution >= 0.6 is 15.9 Å². The summed E-state index contributed by atoms with van der Waals surface area (Å²) in [6.07, 6.45) is 2.47. The number of carbonyl (C=O) groups excluding carboxylic acids is 1. The number of nitrogens with one attached hydrogen (secondary N) is 1. The van der Waals surface area contributed by atoms with Gasteiger partial charge in [-0.05, 0) is 72.6 Å². The maximum absolute atomic E-state index is 13.0. The monoisotopic (exact) mass is 481 g/mol. The molecule has 0 bridgehead atoms. The van der Waals surface area contributed by atoms with Crippen LogP contribution in [0, 0.1) is 0 Å². The number of rotatable bonds is 11. The summed E-state index contributed by atoms with van der Waals surface area (Å²) in [5, 5.41) is 3.51. The molecule has 0 aliphatic carbocycles. The zero-order valence-corrected chi connectivity index (χ0v) is 19.5. The van der Waals surface area contributed by atoms with Gasteiger partial charge in [0.2, 0.25) is 0 Å². The molecule has 3 aromatic rings. The summed E-state index contributed by atoms with van der Waals surface area (Å²) in [5.74, 6) is 1.65. The quantitative estimate of drug-likeness (QED) is 0.235. The maximum Gasteiger partial charge on any atom is 0.165 e. The van der Waals surface area contributed by atoms with Crippen molar-refractivity contribution in [3.63, 3.8) is 0 Å². The van der Waals surface area contributed by atoms with E-state index in [4.69, 9.17) is 9.47 Å². The van der Waals surface area contributed by atoms with Crippen molar-refractivity contribution in [2.24, 2.45) is 0 Å². The van der Waals surface area contributed by atoms with E-state index >= 15 is 0 Å². The summed E-state index contributed by atoms with van der Waals surface area (Å²) < 4.78 is 12.0. The van der Waals surface area contributed by atoms with Gasteiger partial charge in [0.1, 0.15) is 11.5 Å². The predicted molar refractivity (Wildman–Crippen MR) is 129 cm³/mol. The molecule has 0 unspecified atom stereocenters. The minimum absolute atomic E-state index is 0.0699. The highest BCUT2D eigenvalue weighted by molar-refractivity contribution is 9.10. The van der Waals surface area contributed by atoms with Crippen molar-refractivity contribution in [3.8, 4) is 11.5 Å². The van der Waals surface area contributed by atoms with Gasteiger partial charge in [0.25, 0.3) is 0 Å². The van der Waals surface area contributed by atoms with Crippen LogP contribution in [0.3, 0.4) is 0 Å². The summed E-state index contributed by atoms with van der Waals surface area (Å²) in [6, 6.07) is 23.0. The molecule has 0 heterocycles. The van der Waals surface area contributed by atoms with Crippen LogP contribution in [-0.2, 0) is 0 Å². The Morgan fingerprint density at radius 3 is 2.19 bits per heavy atom. The molecule has 3 rings (SSSR count). The van der Waals surface area contributed by atoms with Crippen LogP contribution in [0.2, 0.25) is 0 Å². The van der Waals surface area contributed by atoms with E-state index in [9.17, 15) is 4.79 Å². The molecule has 162 valence electrons. The third kappa shape index (κ3) is 6.86. The Morgan fingerprint density at radius 1 is 0.935 bits per heavy atom. The fraction of sp³-hybridized carbons (Fsp3) is 0.269. The molecule has 0 fully saturated rings. The summed E-state index contributed by atoms with van der Waals surface area (Å²) >= 11 is 3.47. The number of halogens is 1. The highest BCUT2D eigenvalue weighted by atomic mass is 79.9. The molecule has 0 amide bonds. The number of methoxy groups -OCH3 is 1. The lowest BCUT2D eigenvalue weighted by Gasteiger charge is -2.21. The van der Waals surface area contributed by atoms with E-state index in [0.29, 0.717) is 18.6 Å². The fourth-order valence-corrected chi connectivity index (χ4v) is 3.47. The third-order valence-electron chi connectivity index (χ3n) is 5.04. The van der Waals surface area contributed by atoms with Gasteiger partial charge in [0.05, 0.1) is 19.8 Å². The van der Waals surface area contributed by atoms with Crippen molar-refractivity contribution < 1.29 is 14.3 Å². The van der Waals surface area contributed by atoms with Gasteiger partial charge < -0.3 is 14.8 Å². The summed E-state index contributed by atoms with van der Waals surface area (Å²) in [5.41, 5.74) is 2.66. The predicted octanol–water partition coefficient (Wildman–Crippen LogP) is 7.06. The standard InChI is InChI=1S/C26H28BrNO3/c1-3-4-17-31-24-15-5-19(6-16-24)25(28-22-11-9-21(27)10-12-22)18-26(29)20-7-13-23(30-2)14-8-20/h5-16,25,28H,3-4,17-18H2,1-2H3/t25-/m1/s1. The van der Waals surface area contributed by atoms with Gasteiger partial charge in [0.15, 0.2) is 5.78 Å². The molecule has 31 heavy (non-hydrogen) atoms. The first kappa shape index (κ1) is 22.9. The van der Waals surface area contributed by atoms with Gasteiger partial charge in [-0.1, -0.05) is 41.4 Å². The molecule has 4 nitrogen and oxygen atoms in total. The van der Waals surface area contributed by atoms with Gasteiger partial charge in [0, 0.05) is 22.1 Å². The molecule has 1 atom stereocenters. The largest absolute Gasteiger partial charge is 0.497 e. The second-order valence-corrected chi connectivity index (χ2v) is 8.25. The van der Waals surface area contributed by atoms with Gasteiger partial charge in [-0.2, -0.15) is 0 Å². The van der Waals surface area contributed by atoms with Crippen molar-refractivity contribution in [3.05, 3.63) is 88.4 Å². The van der Waals surface area contributed by atoms with Crippen molar-refractivity contribution in [1.29, 1.82) is 0 Å². The number of anilines is 1. The zero-order chi connectivity index (χ0) is 22.1. The summed E-state index contributed by atoms with van der Waals surface area (Å²) in [7, 11) is 1.62. The van der Waals surface area contributed by atoms with E-state index in [1.807, 2.05) is 72.8 Å². The van der Waals surface area contributed by atoms with Gasteiger partial charge in [-0.25, -0.2) is 0 Å². The molecule has 0 spiro atoms. The molecule has 0 saturated heterocycles. The van der Waals surface area contributed by atoms with Gasteiger partial charge >= 0.3 is 0 Å². The van der Waals surface area contributed by atoms with E-state index in [2.05, 4.69) is 28.2 Å². The molecule has 0 saturated carbocycles. The molecule has 0 aliphatic heterocycles. The summed E-state index contributed by atoms with van der Waals surface area (Å²) in [6.45, 7) is 2.86. The van der Waals surface area contributed by atoms with Crippen molar-refractivity contribution in [1.82, 2.24) is 0 Å². The first-order valence-electron chi connectivity index (χ1n) is 10.5. The fourth-order valence-electron chi connectivity index (χ4n) is 3.21. The molecule has 0 aromatic heterocycles. The van der Waals surface area contributed by atoms with E-state index in [1.54, 1.807) is 7.11 Å². The first-order chi connectivity index (χ1) is 15.1. The highest BCUT2D eigenvalue weighted by Gasteiger charge is 2.18. The average molecular weight is 482 g/mol. The van der Waals surface area contributed by atoms with E-state index < -0.39 is 0 Å². The lowest BCUT2D eigenvalue weighted by Crippen LogP contribution is -2.16. The number of unbranched alkanes of at least 4 members (excludes halogenated alkanes) is 1. The van der Waals surface area contributed by atoms with Crippen molar-refractivity contribution >= 4 is 27.4 Å². The van der Waals surface area contributed by atoms with Crippen LogP contribution < -0.4 is 14.8 Å². The van der Waals surface area contributed by atoms with Crippen LogP contribution in [0.4, 0.5) is 5.69 Å². The third-order valence-corrected chi connectivity index (χ3v) is 5.56. The lowest BCUT2D eigenvalue weighted by molar-refractivity contribution is 0.0976. The summed E-state index contributed by atoms with van der Waals surface area (Å²) in [4.78, 5) is 13.0. The molecule has 1 N–H and O–H groups in total. The molecule has 0 aliphatic rings. The van der Waals surface area contributed by atoms with E-state index in [1.165, 1.54) is 0 Å². The average Bonchev–Trinajstić information content (AvgIpc) is 2.80. The topological polar surface area (TPSA) is 47.6 Å².